The van der Waals surface area contributed by atoms with E-state index in [0.717, 1.165) is 11.1 Å². The average Bonchev–Trinajstić information content (AvgIpc) is 2.89. The lowest BCUT2D eigenvalue weighted by Crippen LogP contribution is -2.08. The molecule has 0 spiro atoms. The third-order valence-corrected chi connectivity index (χ3v) is 3.26. The Morgan fingerprint density at radius 1 is 1.10 bits per heavy atom. The number of aryl methyl sites for hydroxylation is 2. The summed E-state index contributed by atoms with van der Waals surface area (Å²) in [5.41, 5.74) is 4.07. The van der Waals surface area contributed by atoms with Crippen LogP contribution in [0.4, 0.5) is 0 Å². The zero-order valence-corrected chi connectivity index (χ0v) is 11.2. The number of benzene rings is 2. The molecule has 0 unspecified atom stereocenters. The quantitative estimate of drug-likeness (QED) is 0.525. The van der Waals surface area contributed by atoms with Gasteiger partial charge in [-0.05, 0) is 49.2 Å². The first-order valence-electron chi connectivity index (χ1n) is 6.26. The lowest BCUT2D eigenvalue weighted by Gasteiger charge is -2.06. The van der Waals surface area contributed by atoms with Gasteiger partial charge in [-0.15, -0.1) is 0 Å². The van der Waals surface area contributed by atoms with E-state index in [1.54, 1.807) is 24.3 Å². The smallest absolute Gasteiger partial charge is 0.343 e. The molecule has 1 heterocycles. The second kappa shape index (κ2) is 4.81. The van der Waals surface area contributed by atoms with Crippen molar-refractivity contribution in [1.29, 1.82) is 0 Å². The molecule has 2 aromatic carbocycles. The van der Waals surface area contributed by atoms with E-state index in [0.29, 0.717) is 22.4 Å². The van der Waals surface area contributed by atoms with Gasteiger partial charge in [-0.2, -0.15) is 0 Å². The lowest BCUT2D eigenvalue weighted by molar-refractivity contribution is 0.0735. The number of carbonyl (C=O) groups excluding carboxylic acids is 1. The fourth-order valence-electron chi connectivity index (χ4n) is 1.94. The van der Waals surface area contributed by atoms with Crippen molar-refractivity contribution in [3.8, 4) is 5.75 Å². The number of nitrogens with zero attached hydrogens (tertiary/aromatic N) is 1. The second-order valence-electron chi connectivity index (χ2n) is 4.67. The van der Waals surface area contributed by atoms with Crippen LogP contribution in [0.15, 0.2) is 47.2 Å². The normalized spacial score (nSPS) is 10.7. The number of hydrogen-bond donors (Lipinski definition) is 0. The van der Waals surface area contributed by atoms with Crippen molar-refractivity contribution in [2.75, 3.05) is 0 Å². The molecule has 0 saturated heterocycles. The standard InChI is InChI=1S/C16H13NO3/c1-10-3-4-12(7-11(10)2)16(18)20-13-5-6-15-14(8-13)17-9-19-15/h3-9H,1-2H3. The average molecular weight is 267 g/mol. The third kappa shape index (κ3) is 2.28. The summed E-state index contributed by atoms with van der Waals surface area (Å²) in [6, 6.07) is 10.6. The highest BCUT2D eigenvalue weighted by Crippen LogP contribution is 2.21. The fraction of sp³-hybridized carbons (Fsp3) is 0.125. The van der Waals surface area contributed by atoms with Gasteiger partial charge in [0.05, 0.1) is 5.56 Å². The number of hydrogen-bond acceptors (Lipinski definition) is 4. The summed E-state index contributed by atoms with van der Waals surface area (Å²) >= 11 is 0. The van der Waals surface area contributed by atoms with Gasteiger partial charge in [-0.3, -0.25) is 0 Å². The Kier molecular flexibility index (Phi) is 2.99. The Morgan fingerprint density at radius 3 is 2.75 bits per heavy atom. The van der Waals surface area contributed by atoms with Gasteiger partial charge in [0.2, 0.25) is 0 Å². The number of carbonyl (C=O) groups is 1. The minimum Gasteiger partial charge on any atom is -0.443 e. The van der Waals surface area contributed by atoms with Crippen molar-refractivity contribution >= 4 is 17.1 Å². The van der Waals surface area contributed by atoms with E-state index < -0.39 is 0 Å². The number of fused-ring (bicyclic) bond motifs is 1. The molecule has 4 heteroatoms. The fourth-order valence-corrected chi connectivity index (χ4v) is 1.94. The van der Waals surface area contributed by atoms with E-state index in [-0.39, 0.29) is 5.97 Å². The largest absolute Gasteiger partial charge is 0.443 e. The Labute approximate surface area is 116 Å². The summed E-state index contributed by atoms with van der Waals surface area (Å²) in [6.07, 6.45) is 1.36. The molecule has 0 atom stereocenters. The molecule has 100 valence electrons. The third-order valence-electron chi connectivity index (χ3n) is 3.26. The van der Waals surface area contributed by atoms with Crippen LogP contribution in [0, 0.1) is 13.8 Å². The highest BCUT2D eigenvalue weighted by molar-refractivity contribution is 5.91. The van der Waals surface area contributed by atoms with Gasteiger partial charge < -0.3 is 9.15 Å². The molecule has 1 aromatic heterocycles. The molecule has 4 nitrogen and oxygen atoms in total. The summed E-state index contributed by atoms with van der Waals surface area (Å²) in [4.78, 5) is 16.1. The monoisotopic (exact) mass is 267 g/mol. The van der Waals surface area contributed by atoms with Crippen molar-refractivity contribution < 1.29 is 13.9 Å². The molecule has 0 aliphatic carbocycles. The molecule has 0 bridgehead atoms. The van der Waals surface area contributed by atoms with Crippen LogP contribution in [0.1, 0.15) is 21.5 Å². The van der Waals surface area contributed by atoms with Crippen LogP contribution in [0.5, 0.6) is 5.75 Å². The number of ether oxygens (including phenoxy) is 1. The summed E-state index contributed by atoms with van der Waals surface area (Å²) < 4.78 is 10.5. The molecule has 0 amide bonds. The molecule has 0 fully saturated rings. The Hall–Kier alpha value is -2.62. The first-order chi connectivity index (χ1) is 9.63. The van der Waals surface area contributed by atoms with Crippen LogP contribution >= 0.6 is 0 Å². The zero-order chi connectivity index (χ0) is 14.1. The molecule has 20 heavy (non-hydrogen) atoms. The lowest BCUT2D eigenvalue weighted by atomic mass is 10.1. The van der Waals surface area contributed by atoms with E-state index in [2.05, 4.69) is 4.98 Å². The van der Waals surface area contributed by atoms with Crippen LogP contribution < -0.4 is 4.74 Å². The van der Waals surface area contributed by atoms with Crippen molar-refractivity contribution in [2.45, 2.75) is 13.8 Å². The molecule has 0 aliphatic rings. The zero-order valence-electron chi connectivity index (χ0n) is 11.2. The maximum absolute atomic E-state index is 12.1. The number of esters is 1. The van der Waals surface area contributed by atoms with Gasteiger partial charge >= 0.3 is 5.97 Å². The maximum Gasteiger partial charge on any atom is 0.343 e. The maximum atomic E-state index is 12.1. The van der Waals surface area contributed by atoms with E-state index in [4.69, 9.17) is 9.15 Å². The summed E-state index contributed by atoms with van der Waals surface area (Å²) in [5.74, 6) is 0.0746. The van der Waals surface area contributed by atoms with Gasteiger partial charge in [0.15, 0.2) is 12.0 Å². The SMILES string of the molecule is Cc1ccc(C(=O)Oc2ccc3ocnc3c2)cc1C. The van der Waals surface area contributed by atoms with Gasteiger partial charge in [0.1, 0.15) is 11.3 Å². The predicted octanol–water partition coefficient (Wildman–Crippen LogP) is 3.66. The van der Waals surface area contributed by atoms with Gasteiger partial charge in [-0.25, -0.2) is 9.78 Å². The van der Waals surface area contributed by atoms with Crippen molar-refractivity contribution in [1.82, 2.24) is 4.98 Å². The molecule has 0 aliphatic heterocycles. The molecule has 0 N–H and O–H groups in total. The highest BCUT2D eigenvalue weighted by Gasteiger charge is 2.10. The molecule has 0 radical (unpaired) electrons. The van der Waals surface area contributed by atoms with Crippen LogP contribution in [-0.2, 0) is 0 Å². The molecule has 0 saturated carbocycles. The van der Waals surface area contributed by atoms with E-state index in [9.17, 15) is 4.79 Å². The molecular weight excluding hydrogens is 254 g/mol. The van der Waals surface area contributed by atoms with Crippen molar-refractivity contribution in [3.63, 3.8) is 0 Å². The van der Waals surface area contributed by atoms with E-state index >= 15 is 0 Å². The van der Waals surface area contributed by atoms with Crippen LogP contribution in [0.3, 0.4) is 0 Å². The number of oxazole rings is 1. The van der Waals surface area contributed by atoms with Crippen molar-refractivity contribution in [2.24, 2.45) is 0 Å². The van der Waals surface area contributed by atoms with Gasteiger partial charge in [-0.1, -0.05) is 6.07 Å². The van der Waals surface area contributed by atoms with Crippen molar-refractivity contribution in [3.05, 3.63) is 59.5 Å². The Morgan fingerprint density at radius 2 is 1.95 bits per heavy atom. The van der Waals surface area contributed by atoms with Crippen LogP contribution in [0.25, 0.3) is 11.1 Å². The minimum absolute atomic E-state index is 0.379. The highest BCUT2D eigenvalue weighted by atomic mass is 16.5. The Balaban J connectivity index is 1.85. The first-order valence-corrected chi connectivity index (χ1v) is 6.26. The van der Waals surface area contributed by atoms with Gasteiger partial charge in [0, 0.05) is 6.07 Å². The first kappa shape index (κ1) is 12.4. The summed E-state index contributed by atoms with van der Waals surface area (Å²) in [6.45, 7) is 3.97. The molecule has 3 rings (SSSR count). The Bertz CT molecular complexity index is 789. The summed E-state index contributed by atoms with van der Waals surface area (Å²) in [5, 5.41) is 0. The predicted molar refractivity (Wildman–Crippen MR) is 74.9 cm³/mol. The van der Waals surface area contributed by atoms with E-state index in [1.165, 1.54) is 6.39 Å². The summed E-state index contributed by atoms with van der Waals surface area (Å²) in [7, 11) is 0. The minimum atomic E-state index is -0.379. The number of aromatic nitrogens is 1. The van der Waals surface area contributed by atoms with E-state index in [1.807, 2.05) is 26.0 Å². The topological polar surface area (TPSA) is 52.3 Å². The second-order valence-corrected chi connectivity index (χ2v) is 4.67. The van der Waals surface area contributed by atoms with Crippen LogP contribution in [-0.4, -0.2) is 11.0 Å². The molecular formula is C16H13NO3. The van der Waals surface area contributed by atoms with Crippen LogP contribution in [0.2, 0.25) is 0 Å². The molecule has 3 aromatic rings. The van der Waals surface area contributed by atoms with Gasteiger partial charge in [0.25, 0.3) is 0 Å². The number of rotatable bonds is 2.